The highest BCUT2D eigenvalue weighted by molar-refractivity contribution is 5.84. The molecule has 1 fully saturated rings. The van der Waals surface area contributed by atoms with E-state index in [1.807, 2.05) is 50.5 Å². The summed E-state index contributed by atoms with van der Waals surface area (Å²) in [5, 5.41) is 22.3. The number of pyridine rings is 1. The lowest BCUT2D eigenvalue weighted by Gasteiger charge is -2.50. The Labute approximate surface area is 172 Å². The number of hydrogen-bond acceptors (Lipinski definition) is 5. The maximum absolute atomic E-state index is 11.3. The molecular weight excluding hydrogens is 362 g/mol. The van der Waals surface area contributed by atoms with Gasteiger partial charge in [0.1, 0.15) is 5.82 Å². The number of β-amino-alcohol motifs (C(OH)–C–C–N with tert-alkyl or cyclic N) is 1. The average Bonchev–Trinajstić information content (AvgIpc) is 2.73. The highest BCUT2D eigenvalue weighted by Gasteiger charge is 2.46. The Hall–Kier alpha value is -2.47. The molecule has 0 unspecified atom stereocenters. The molecule has 5 nitrogen and oxygen atoms in total. The number of benzene rings is 2. The van der Waals surface area contributed by atoms with Crippen LogP contribution in [0.4, 0.5) is 5.82 Å². The number of anilines is 1. The van der Waals surface area contributed by atoms with E-state index in [2.05, 4.69) is 34.9 Å². The van der Waals surface area contributed by atoms with E-state index < -0.39 is 11.6 Å². The number of para-hydroxylation sites is 1. The van der Waals surface area contributed by atoms with E-state index in [4.69, 9.17) is 4.98 Å². The first-order valence-corrected chi connectivity index (χ1v) is 10.1. The van der Waals surface area contributed by atoms with E-state index in [0.29, 0.717) is 6.54 Å². The molecule has 1 aromatic heterocycles. The molecule has 1 saturated heterocycles. The number of aliphatic hydroxyl groups excluding tert-OH is 2. The van der Waals surface area contributed by atoms with Gasteiger partial charge in [-0.3, -0.25) is 4.90 Å². The standard InChI is InChI=1S/C24H29N3O2/c1-17-8-7-9-18-14-19(16-28)23(25-22(17)18)27-13-12-24(26(2)3,21(29)15-27)20-10-5-4-6-11-20/h4-11,14,21,28-29H,12-13,15-16H2,1-3H3/t21-,24+/m1/s1. The van der Waals surface area contributed by atoms with Gasteiger partial charge in [-0.25, -0.2) is 4.98 Å². The van der Waals surface area contributed by atoms with Crippen LogP contribution in [0.3, 0.4) is 0 Å². The molecule has 0 bridgehead atoms. The maximum atomic E-state index is 11.3. The number of piperidine rings is 1. The topological polar surface area (TPSA) is 59.8 Å². The van der Waals surface area contributed by atoms with Crippen molar-refractivity contribution < 1.29 is 10.2 Å². The van der Waals surface area contributed by atoms with Gasteiger partial charge in [0, 0.05) is 24.0 Å². The molecule has 0 amide bonds. The average molecular weight is 392 g/mol. The number of hydrogen-bond donors (Lipinski definition) is 2. The van der Waals surface area contributed by atoms with Crippen LogP contribution in [0, 0.1) is 6.92 Å². The molecule has 0 radical (unpaired) electrons. The van der Waals surface area contributed by atoms with Crippen LogP contribution in [0.2, 0.25) is 0 Å². The Kier molecular flexibility index (Phi) is 5.30. The number of aromatic nitrogens is 1. The van der Waals surface area contributed by atoms with Crippen molar-refractivity contribution in [3.63, 3.8) is 0 Å². The molecule has 2 atom stereocenters. The molecule has 29 heavy (non-hydrogen) atoms. The summed E-state index contributed by atoms with van der Waals surface area (Å²) in [6.45, 7) is 3.19. The molecule has 152 valence electrons. The van der Waals surface area contributed by atoms with E-state index in [1.165, 1.54) is 0 Å². The first kappa shape index (κ1) is 19.8. The number of fused-ring (bicyclic) bond motifs is 1. The number of aliphatic hydroxyl groups is 2. The fourth-order valence-corrected chi connectivity index (χ4v) is 4.73. The first-order chi connectivity index (χ1) is 14.0. The second-order valence-corrected chi connectivity index (χ2v) is 8.17. The maximum Gasteiger partial charge on any atom is 0.134 e. The van der Waals surface area contributed by atoms with Crippen LogP contribution in [0.5, 0.6) is 0 Å². The van der Waals surface area contributed by atoms with Crippen molar-refractivity contribution in [3.8, 4) is 0 Å². The number of nitrogens with zero attached hydrogens (tertiary/aromatic N) is 3. The summed E-state index contributed by atoms with van der Waals surface area (Å²) in [4.78, 5) is 9.16. The highest BCUT2D eigenvalue weighted by Crippen LogP contribution is 2.39. The third-order valence-corrected chi connectivity index (χ3v) is 6.35. The number of likely N-dealkylation sites (N-methyl/N-ethyl adjacent to an activating group) is 1. The number of aryl methyl sites for hydroxylation is 1. The molecule has 4 rings (SSSR count). The highest BCUT2D eigenvalue weighted by atomic mass is 16.3. The normalized spacial score (nSPS) is 22.4. The van der Waals surface area contributed by atoms with E-state index in [-0.39, 0.29) is 6.61 Å². The molecule has 3 aromatic rings. The van der Waals surface area contributed by atoms with Crippen molar-refractivity contribution in [2.24, 2.45) is 0 Å². The minimum Gasteiger partial charge on any atom is -0.392 e. The van der Waals surface area contributed by atoms with Gasteiger partial charge in [0.05, 0.1) is 23.8 Å². The molecule has 0 spiro atoms. The third-order valence-electron chi connectivity index (χ3n) is 6.35. The van der Waals surface area contributed by atoms with Crippen LogP contribution in [0.1, 0.15) is 23.1 Å². The fourth-order valence-electron chi connectivity index (χ4n) is 4.73. The van der Waals surface area contributed by atoms with Crippen LogP contribution in [0.15, 0.2) is 54.6 Å². The second-order valence-electron chi connectivity index (χ2n) is 8.17. The van der Waals surface area contributed by atoms with Crippen molar-refractivity contribution in [1.29, 1.82) is 0 Å². The van der Waals surface area contributed by atoms with Gasteiger partial charge in [0.25, 0.3) is 0 Å². The molecule has 0 aliphatic carbocycles. The summed E-state index contributed by atoms with van der Waals surface area (Å²) in [7, 11) is 4.06. The molecule has 5 heteroatoms. The van der Waals surface area contributed by atoms with Gasteiger partial charge in [-0.2, -0.15) is 0 Å². The zero-order valence-electron chi connectivity index (χ0n) is 17.3. The third kappa shape index (κ3) is 3.29. The first-order valence-electron chi connectivity index (χ1n) is 10.1. The number of rotatable bonds is 4. The molecular formula is C24H29N3O2. The Morgan fingerprint density at radius 3 is 2.55 bits per heavy atom. The van der Waals surface area contributed by atoms with Crippen molar-refractivity contribution >= 4 is 16.7 Å². The van der Waals surface area contributed by atoms with Gasteiger partial charge in [-0.05, 0) is 44.6 Å². The SMILES string of the molecule is Cc1cccc2cc(CO)c(N3CC[C@@](c4ccccc4)(N(C)C)[C@H](O)C3)nc12. The van der Waals surface area contributed by atoms with Gasteiger partial charge in [0.15, 0.2) is 0 Å². The summed E-state index contributed by atoms with van der Waals surface area (Å²) in [6.07, 6.45) is 0.179. The summed E-state index contributed by atoms with van der Waals surface area (Å²) in [5.74, 6) is 0.772. The Balaban J connectivity index is 1.72. The Morgan fingerprint density at radius 1 is 1.14 bits per heavy atom. The van der Waals surface area contributed by atoms with Crippen LogP contribution >= 0.6 is 0 Å². The lowest BCUT2D eigenvalue weighted by molar-refractivity contribution is -0.0247. The molecule has 2 heterocycles. The Bertz CT molecular complexity index is 1010. The molecule has 0 saturated carbocycles. The van der Waals surface area contributed by atoms with Gasteiger partial charge in [-0.1, -0.05) is 48.5 Å². The van der Waals surface area contributed by atoms with E-state index in [1.54, 1.807) is 0 Å². The smallest absolute Gasteiger partial charge is 0.134 e. The predicted molar refractivity (Wildman–Crippen MR) is 117 cm³/mol. The van der Waals surface area contributed by atoms with Gasteiger partial charge >= 0.3 is 0 Å². The predicted octanol–water partition coefficient (Wildman–Crippen LogP) is 3.06. The van der Waals surface area contributed by atoms with Gasteiger partial charge in [0.2, 0.25) is 0 Å². The zero-order valence-corrected chi connectivity index (χ0v) is 17.3. The second kappa shape index (κ2) is 7.75. The van der Waals surface area contributed by atoms with Crippen molar-refractivity contribution in [2.45, 2.75) is 31.6 Å². The summed E-state index contributed by atoms with van der Waals surface area (Å²) in [6, 6.07) is 18.3. The van der Waals surface area contributed by atoms with Crippen LogP contribution in [0.25, 0.3) is 10.9 Å². The molecule has 2 aromatic carbocycles. The fraction of sp³-hybridized carbons (Fsp3) is 0.375. The summed E-state index contributed by atoms with van der Waals surface area (Å²) >= 11 is 0. The van der Waals surface area contributed by atoms with Crippen molar-refractivity contribution in [1.82, 2.24) is 9.88 Å². The zero-order chi connectivity index (χ0) is 20.6. The van der Waals surface area contributed by atoms with Crippen LogP contribution in [-0.2, 0) is 12.1 Å². The van der Waals surface area contributed by atoms with Crippen LogP contribution in [-0.4, -0.2) is 53.4 Å². The van der Waals surface area contributed by atoms with Gasteiger partial charge < -0.3 is 15.1 Å². The minimum absolute atomic E-state index is 0.0731. The van der Waals surface area contributed by atoms with E-state index in [9.17, 15) is 10.2 Å². The monoisotopic (exact) mass is 391 g/mol. The van der Waals surface area contributed by atoms with Crippen molar-refractivity contribution in [3.05, 3.63) is 71.3 Å². The molecule has 1 aliphatic rings. The summed E-state index contributed by atoms with van der Waals surface area (Å²) < 4.78 is 0. The van der Waals surface area contributed by atoms with E-state index >= 15 is 0 Å². The van der Waals surface area contributed by atoms with Crippen molar-refractivity contribution in [2.75, 3.05) is 32.1 Å². The Morgan fingerprint density at radius 2 is 1.90 bits per heavy atom. The van der Waals surface area contributed by atoms with Gasteiger partial charge in [-0.15, -0.1) is 0 Å². The molecule has 2 N–H and O–H groups in total. The lowest BCUT2D eigenvalue weighted by Crippen LogP contribution is -2.60. The largest absolute Gasteiger partial charge is 0.392 e. The summed E-state index contributed by atoms with van der Waals surface area (Å²) in [5.41, 5.74) is 3.54. The quantitative estimate of drug-likeness (QED) is 0.716. The minimum atomic E-state index is -0.588. The van der Waals surface area contributed by atoms with E-state index in [0.717, 1.165) is 46.4 Å². The molecule has 1 aliphatic heterocycles. The lowest BCUT2D eigenvalue weighted by atomic mass is 9.77. The van der Waals surface area contributed by atoms with Crippen LogP contribution < -0.4 is 4.90 Å².